The monoisotopic (exact) mass is 167 g/mol. The van der Waals surface area contributed by atoms with Gasteiger partial charge in [-0.25, -0.2) is 0 Å². The Balaban J connectivity index is 2.19. The molecule has 2 aliphatic heterocycles. The highest BCUT2D eigenvalue weighted by atomic mass is 15.0. The van der Waals surface area contributed by atoms with Crippen LogP contribution in [0.25, 0.3) is 0 Å². The number of piperidine rings is 2. The highest BCUT2D eigenvalue weighted by molar-refractivity contribution is 5.05. The molecule has 1 nitrogen and oxygen atoms in total. The Morgan fingerprint density at radius 3 is 2.00 bits per heavy atom. The second kappa shape index (κ2) is 2.47. The van der Waals surface area contributed by atoms with Gasteiger partial charge in [-0.05, 0) is 43.6 Å². The zero-order valence-corrected chi connectivity index (χ0v) is 8.61. The number of nitrogens with one attached hydrogen (secondary N) is 1. The molecule has 0 unspecified atom stereocenters. The normalized spacial score (nSPS) is 41.8. The van der Waals surface area contributed by atoms with Crippen molar-refractivity contribution in [1.82, 2.24) is 5.32 Å². The van der Waals surface area contributed by atoms with Gasteiger partial charge in [0.05, 0.1) is 0 Å². The molecule has 1 heteroatoms. The van der Waals surface area contributed by atoms with Crippen molar-refractivity contribution in [1.29, 1.82) is 0 Å². The third-order valence-electron chi connectivity index (χ3n) is 4.12. The average molecular weight is 167 g/mol. The topological polar surface area (TPSA) is 12.0 Å². The average Bonchev–Trinajstić information content (AvgIpc) is 2.06. The van der Waals surface area contributed by atoms with Crippen LogP contribution in [0.1, 0.15) is 46.5 Å². The lowest BCUT2D eigenvalue weighted by molar-refractivity contribution is 0.0247. The Labute approximate surface area is 75.9 Å². The summed E-state index contributed by atoms with van der Waals surface area (Å²) in [5.41, 5.74) is 0.917. The first-order valence-corrected chi connectivity index (χ1v) is 5.29. The Hall–Kier alpha value is -0.0400. The Bertz CT molecular complexity index is 156. The van der Waals surface area contributed by atoms with Gasteiger partial charge in [-0.2, -0.15) is 0 Å². The van der Waals surface area contributed by atoms with E-state index in [-0.39, 0.29) is 0 Å². The highest BCUT2D eigenvalue weighted by Gasteiger charge is 2.47. The van der Waals surface area contributed by atoms with E-state index in [0.717, 1.165) is 5.92 Å². The summed E-state index contributed by atoms with van der Waals surface area (Å²) in [5, 5.41) is 3.77. The maximum absolute atomic E-state index is 3.77. The van der Waals surface area contributed by atoms with E-state index in [1.54, 1.807) is 0 Å². The van der Waals surface area contributed by atoms with Gasteiger partial charge < -0.3 is 5.32 Å². The highest BCUT2D eigenvalue weighted by Crippen LogP contribution is 2.46. The van der Waals surface area contributed by atoms with E-state index >= 15 is 0 Å². The van der Waals surface area contributed by atoms with E-state index in [4.69, 9.17) is 0 Å². The van der Waals surface area contributed by atoms with Gasteiger partial charge >= 0.3 is 0 Å². The first kappa shape index (κ1) is 8.55. The van der Waals surface area contributed by atoms with Crippen molar-refractivity contribution in [3.05, 3.63) is 0 Å². The Morgan fingerprint density at radius 1 is 1.17 bits per heavy atom. The van der Waals surface area contributed by atoms with Crippen LogP contribution in [0.5, 0.6) is 0 Å². The molecule has 1 aliphatic carbocycles. The van der Waals surface area contributed by atoms with Gasteiger partial charge in [-0.1, -0.05) is 20.8 Å². The fourth-order valence-corrected chi connectivity index (χ4v) is 2.91. The lowest BCUT2D eigenvalue weighted by Gasteiger charge is -2.54. The standard InChI is InChI=1S/C11H21N/c1-10(2,3)11-6-4-9(5-7-11)8-12-11/h9,12H,4-8H2,1-3H3. The zero-order valence-electron chi connectivity index (χ0n) is 8.61. The molecule has 3 aliphatic rings. The van der Waals surface area contributed by atoms with E-state index in [0.29, 0.717) is 11.0 Å². The van der Waals surface area contributed by atoms with E-state index in [1.807, 2.05) is 0 Å². The van der Waals surface area contributed by atoms with Gasteiger partial charge in [0.15, 0.2) is 0 Å². The Morgan fingerprint density at radius 2 is 1.75 bits per heavy atom. The maximum atomic E-state index is 3.77. The quantitative estimate of drug-likeness (QED) is 0.584. The van der Waals surface area contributed by atoms with Crippen molar-refractivity contribution in [2.75, 3.05) is 6.54 Å². The van der Waals surface area contributed by atoms with Crippen LogP contribution < -0.4 is 5.32 Å². The van der Waals surface area contributed by atoms with Crippen LogP contribution in [0.4, 0.5) is 0 Å². The smallest absolute Gasteiger partial charge is 0.0230 e. The van der Waals surface area contributed by atoms with Gasteiger partial charge in [0.1, 0.15) is 0 Å². The van der Waals surface area contributed by atoms with Crippen molar-refractivity contribution in [3.8, 4) is 0 Å². The van der Waals surface area contributed by atoms with Crippen molar-refractivity contribution in [2.45, 2.75) is 52.0 Å². The van der Waals surface area contributed by atoms with E-state index in [9.17, 15) is 0 Å². The van der Waals surface area contributed by atoms with Crippen molar-refractivity contribution in [2.24, 2.45) is 11.3 Å². The summed E-state index contributed by atoms with van der Waals surface area (Å²) < 4.78 is 0. The molecule has 0 radical (unpaired) electrons. The van der Waals surface area contributed by atoms with E-state index in [2.05, 4.69) is 26.1 Å². The van der Waals surface area contributed by atoms with Crippen LogP contribution in [0.3, 0.4) is 0 Å². The summed E-state index contributed by atoms with van der Waals surface area (Å²) in [7, 11) is 0. The van der Waals surface area contributed by atoms with Crippen molar-refractivity contribution in [3.63, 3.8) is 0 Å². The molecular weight excluding hydrogens is 146 g/mol. The van der Waals surface area contributed by atoms with Crippen molar-refractivity contribution >= 4 is 0 Å². The number of rotatable bonds is 0. The molecule has 2 bridgehead atoms. The Kier molecular flexibility index (Phi) is 1.76. The van der Waals surface area contributed by atoms with Crippen molar-refractivity contribution < 1.29 is 0 Å². The van der Waals surface area contributed by atoms with E-state index in [1.165, 1.54) is 32.2 Å². The molecular formula is C11H21N. The molecule has 0 amide bonds. The second-order valence-corrected chi connectivity index (χ2v) is 5.66. The molecule has 2 heterocycles. The number of hydrogen-bond donors (Lipinski definition) is 1. The summed E-state index contributed by atoms with van der Waals surface area (Å²) in [5.74, 6) is 0.995. The predicted octanol–water partition coefficient (Wildman–Crippen LogP) is 2.56. The first-order valence-electron chi connectivity index (χ1n) is 5.29. The minimum absolute atomic E-state index is 0.443. The van der Waals surface area contributed by atoms with Crippen LogP contribution in [0.15, 0.2) is 0 Å². The fraction of sp³-hybridized carbons (Fsp3) is 1.00. The molecule has 1 saturated carbocycles. The summed E-state index contributed by atoms with van der Waals surface area (Å²) in [4.78, 5) is 0. The summed E-state index contributed by atoms with van der Waals surface area (Å²) in [6.45, 7) is 8.42. The molecule has 3 rings (SSSR count). The number of hydrogen-bond acceptors (Lipinski definition) is 1. The molecule has 0 aromatic heterocycles. The van der Waals surface area contributed by atoms with Crippen LogP contribution in [-0.2, 0) is 0 Å². The molecule has 2 saturated heterocycles. The molecule has 12 heavy (non-hydrogen) atoms. The summed E-state index contributed by atoms with van der Waals surface area (Å²) in [6.07, 6.45) is 5.73. The first-order chi connectivity index (χ1) is 5.54. The van der Waals surface area contributed by atoms with Gasteiger partial charge in [-0.15, -0.1) is 0 Å². The maximum Gasteiger partial charge on any atom is 0.0230 e. The minimum Gasteiger partial charge on any atom is -0.310 e. The summed E-state index contributed by atoms with van der Waals surface area (Å²) >= 11 is 0. The zero-order chi connectivity index (χ0) is 8.82. The third kappa shape index (κ3) is 1.10. The van der Waals surface area contributed by atoms with E-state index < -0.39 is 0 Å². The lowest BCUT2D eigenvalue weighted by atomic mass is 9.61. The van der Waals surface area contributed by atoms with Crippen LogP contribution in [0, 0.1) is 11.3 Å². The van der Waals surface area contributed by atoms with Crippen LogP contribution in [-0.4, -0.2) is 12.1 Å². The largest absolute Gasteiger partial charge is 0.310 e. The van der Waals surface area contributed by atoms with Crippen LogP contribution >= 0.6 is 0 Å². The molecule has 70 valence electrons. The van der Waals surface area contributed by atoms with Crippen LogP contribution in [0.2, 0.25) is 0 Å². The molecule has 0 aromatic carbocycles. The molecule has 0 aromatic rings. The fourth-order valence-electron chi connectivity index (χ4n) is 2.91. The third-order valence-corrected chi connectivity index (χ3v) is 4.12. The second-order valence-electron chi connectivity index (χ2n) is 5.66. The van der Waals surface area contributed by atoms with Gasteiger partial charge in [0, 0.05) is 5.54 Å². The predicted molar refractivity (Wildman–Crippen MR) is 52.1 cm³/mol. The SMILES string of the molecule is CC(C)(C)C12CCC(CC1)CN2. The molecule has 0 atom stereocenters. The molecule has 0 spiro atoms. The number of fused-ring (bicyclic) bond motifs is 3. The lowest BCUT2D eigenvalue weighted by Crippen LogP contribution is -2.62. The van der Waals surface area contributed by atoms with Gasteiger partial charge in [0.25, 0.3) is 0 Å². The molecule has 1 N–H and O–H groups in total. The van der Waals surface area contributed by atoms with Gasteiger partial charge in [0.2, 0.25) is 0 Å². The minimum atomic E-state index is 0.443. The molecule has 3 fully saturated rings. The summed E-state index contributed by atoms with van der Waals surface area (Å²) in [6, 6.07) is 0. The van der Waals surface area contributed by atoms with Gasteiger partial charge in [-0.3, -0.25) is 0 Å².